The molecular formula is C12H15BrF2N2. The second kappa shape index (κ2) is 4.96. The predicted molar refractivity (Wildman–Crippen MR) is 65.1 cm³/mol. The van der Waals surface area contributed by atoms with Crippen LogP contribution < -0.4 is 0 Å². The van der Waals surface area contributed by atoms with Gasteiger partial charge < -0.3 is 0 Å². The van der Waals surface area contributed by atoms with Crippen molar-refractivity contribution in [1.82, 2.24) is 9.97 Å². The van der Waals surface area contributed by atoms with Crippen molar-refractivity contribution >= 4 is 15.9 Å². The number of aromatic nitrogens is 2. The van der Waals surface area contributed by atoms with E-state index in [0.29, 0.717) is 23.4 Å². The highest BCUT2D eigenvalue weighted by Gasteiger charge is 2.35. The molecule has 0 atom stereocenters. The Morgan fingerprint density at radius 2 is 2.06 bits per heavy atom. The van der Waals surface area contributed by atoms with Gasteiger partial charge in [-0.25, -0.2) is 13.8 Å². The van der Waals surface area contributed by atoms with E-state index in [-0.39, 0.29) is 12.8 Å². The van der Waals surface area contributed by atoms with Crippen molar-refractivity contribution in [2.24, 2.45) is 5.92 Å². The van der Waals surface area contributed by atoms with Gasteiger partial charge >= 0.3 is 0 Å². The Kier molecular flexibility index (Phi) is 3.76. The van der Waals surface area contributed by atoms with Crippen molar-refractivity contribution in [1.29, 1.82) is 0 Å². The molecule has 1 aliphatic rings. The van der Waals surface area contributed by atoms with Gasteiger partial charge in [-0.1, -0.05) is 0 Å². The monoisotopic (exact) mass is 304 g/mol. The third kappa shape index (κ3) is 3.44. The third-order valence-electron chi connectivity index (χ3n) is 3.34. The zero-order valence-corrected chi connectivity index (χ0v) is 11.3. The van der Waals surface area contributed by atoms with E-state index in [2.05, 4.69) is 25.9 Å². The van der Waals surface area contributed by atoms with Crippen molar-refractivity contribution in [3.05, 3.63) is 22.2 Å². The number of nitrogens with zero attached hydrogens (tertiary/aromatic N) is 2. The molecule has 0 unspecified atom stereocenters. The van der Waals surface area contributed by atoms with Crippen LogP contribution in [0.15, 0.2) is 10.8 Å². The number of hydrogen-bond donors (Lipinski definition) is 0. The molecule has 0 amide bonds. The molecule has 1 heterocycles. The van der Waals surface area contributed by atoms with Gasteiger partial charge in [-0.2, -0.15) is 0 Å². The number of aryl methyl sites for hydroxylation is 1. The maximum Gasteiger partial charge on any atom is 0.248 e. The van der Waals surface area contributed by atoms with Gasteiger partial charge in [-0.15, -0.1) is 0 Å². The second-order valence-electron chi connectivity index (χ2n) is 4.73. The van der Waals surface area contributed by atoms with Crippen LogP contribution >= 0.6 is 15.9 Å². The van der Waals surface area contributed by atoms with Gasteiger partial charge in [0.25, 0.3) is 0 Å². The molecule has 1 aromatic heterocycles. The van der Waals surface area contributed by atoms with Gasteiger partial charge in [0, 0.05) is 12.8 Å². The number of alkyl halides is 2. The summed E-state index contributed by atoms with van der Waals surface area (Å²) >= 11 is 3.26. The first kappa shape index (κ1) is 12.9. The van der Waals surface area contributed by atoms with Gasteiger partial charge in [-0.3, -0.25) is 4.98 Å². The number of halogens is 3. The van der Waals surface area contributed by atoms with Crippen molar-refractivity contribution in [3.63, 3.8) is 0 Å². The first-order valence-electron chi connectivity index (χ1n) is 5.82. The first-order valence-corrected chi connectivity index (χ1v) is 6.61. The Labute approximate surface area is 108 Å². The molecule has 1 fully saturated rings. The molecule has 2 rings (SSSR count). The van der Waals surface area contributed by atoms with Crippen LogP contribution in [0.1, 0.15) is 37.1 Å². The molecule has 94 valence electrons. The van der Waals surface area contributed by atoms with Crippen LogP contribution in [0.3, 0.4) is 0 Å². The highest BCUT2D eigenvalue weighted by molar-refractivity contribution is 9.10. The first-order chi connectivity index (χ1) is 7.96. The summed E-state index contributed by atoms with van der Waals surface area (Å²) in [6.45, 7) is 1.91. The van der Waals surface area contributed by atoms with Crippen LogP contribution in [0.25, 0.3) is 0 Å². The molecule has 0 bridgehead atoms. The molecule has 5 heteroatoms. The van der Waals surface area contributed by atoms with E-state index in [4.69, 9.17) is 0 Å². The molecule has 0 aromatic carbocycles. The standard InChI is InChI=1S/C12H15BrF2N2/c1-8-10(16-7-11(13)17-8)6-9-2-4-12(14,15)5-3-9/h7,9H,2-6H2,1H3. The van der Waals surface area contributed by atoms with Gasteiger partial charge in [-0.05, 0) is 48.0 Å². The molecule has 17 heavy (non-hydrogen) atoms. The van der Waals surface area contributed by atoms with Crippen molar-refractivity contribution in [2.45, 2.75) is 45.0 Å². The molecule has 2 nitrogen and oxygen atoms in total. The summed E-state index contributed by atoms with van der Waals surface area (Å²) in [6, 6.07) is 0. The predicted octanol–water partition coefficient (Wildman–Crippen LogP) is 3.92. The van der Waals surface area contributed by atoms with Crippen LogP contribution in [-0.2, 0) is 6.42 Å². The minimum absolute atomic E-state index is 0.0146. The van der Waals surface area contributed by atoms with E-state index in [9.17, 15) is 8.78 Å². The van der Waals surface area contributed by atoms with E-state index in [1.54, 1.807) is 6.20 Å². The molecule has 0 aliphatic heterocycles. The number of hydrogen-bond acceptors (Lipinski definition) is 2. The Morgan fingerprint density at radius 3 is 2.65 bits per heavy atom. The molecule has 0 N–H and O–H groups in total. The average molecular weight is 305 g/mol. The lowest BCUT2D eigenvalue weighted by atomic mass is 9.84. The fraction of sp³-hybridized carbons (Fsp3) is 0.667. The lowest BCUT2D eigenvalue weighted by Crippen LogP contribution is -2.25. The van der Waals surface area contributed by atoms with Crippen LogP contribution in [0.4, 0.5) is 8.78 Å². The van der Waals surface area contributed by atoms with E-state index in [0.717, 1.165) is 17.8 Å². The fourth-order valence-electron chi connectivity index (χ4n) is 2.26. The van der Waals surface area contributed by atoms with Crippen LogP contribution in [0, 0.1) is 12.8 Å². The summed E-state index contributed by atoms with van der Waals surface area (Å²) in [7, 11) is 0. The third-order valence-corrected chi connectivity index (χ3v) is 3.72. The zero-order valence-electron chi connectivity index (χ0n) is 9.72. The second-order valence-corrected chi connectivity index (χ2v) is 5.54. The van der Waals surface area contributed by atoms with Crippen molar-refractivity contribution < 1.29 is 8.78 Å². The molecular weight excluding hydrogens is 290 g/mol. The highest BCUT2D eigenvalue weighted by atomic mass is 79.9. The van der Waals surface area contributed by atoms with E-state index >= 15 is 0 Å². The minimum Gasteiger partial charge on any atom is -0.257 e. The van der Waals surface area contributed by atoms with E-state index in [1.807, 2.05) is 6.92 Å². The van der Waals surface area contributed by atoms with Crippen LogP contribution in [0.2, 0.25) is 0 Å². The summed E-state index contributed by atoms with van der Waals surface area (Å²) in [5.74, 6) is -2.12. The Hall–Kier alpha value is -0.580. The molecule has 1 aromatic rings. The maximum atomic E-state index is 13.0. The number of rotatable bonds is 2. The molecule has 0 spiro atoms. The summed E-state index contributed by atoms with van der Waals surface area (Å²) in [4.78, 5) is 8.59. The summed E-state index contributed by atoms with van der Waals surface area (Å²) in [6.07, 6.45) is 3.64. The fourth-order valence-corrected chi connectivity index (χ4v) is 2.62. The van der Waals surface area contributed by atoms with Crippen molar-refractivity contribution in [3.8, 4) is 0 Å². The van der Waals surface area contributed by atoms with Crippen LogP contribution in [-0.4, -0.2) is 15.9 Å². The highest BCUT2D eigenvalue weighted by Crippen LogP contribution is 2.37. The largest absolute Gasteiger partial charge is 0.257 e. The van der Waals surface area contributed by atoms with Gasteiger partial charge in [0.05, 0.1) is 17.6 Å². The smallest absolute Gasteiger partial charge is 0.248 e. The maximum absolute atomic E-state index is 13.0. The summed E-state index contributed by atoms with van der Waals surface area (Å²) < 4.78 is 26.7. The lowest BCUT2D eigenvalue weighted by molar-refractivity contribution is -0.0457. The SMILES string of the molecule is Cc1nc(Br)cnc1CC1CCC(F)(F)CC1. The topological polar surface area (TPSA) is 25.8 Å². The van der Waals surface area contributed by atoms with Crippen LogP contribution in [0.5, 0.6) is 0 Å². The molecule has 0 radical (unpaired) electrons. The van der Waals surface area contributed by atoms with Gasteiger partial charge in [0.15, 0.2) is 0 Å². The summed E-state index contributed by atoms with van der Waals surface area (Å²) in [5, 5.41) is 0. The Morgan fingerprint density at radius 1 is 1.41 bits per heavy atom. The minimum atomic E-state index is -2.45. The Balaban J connectivity index is 1.98. The molecule has 1 saturated carbocycles. The molecule has 1 aliphatic carbocycles. The van der Waals surface area contributed by atoms with Gasteiger partial charge in [0.1, 0.15) is 4.60 Å². The van der Waals surface area contributed by atoms with E-state index < -0.39 is 5.92 Å². The normalized spacial score (nSPS) is 20.5. The average Bonchev–Trinajstić information content (AvgIpc) is 2.25. The summed E-state index contributed by atoms with van der Waals surface area (Å²) in [5.41, 5.74) is 1.82. The lowest BCUT2D eigenvalue weighted by Gasteiger charge is -2.28. The van der Waals surface area contributed by atoms with Crippen molar-refractivity contribution in [2.75, 3.05) is 0 Å². The van der Waals surface area contributed by atoms with Gasteiger partial charge in [0.2, 0.25) is 5.92 Å². The molecule has 0 saturated heterocycles. The zero-order chi connectivity index (χ0) is 12.5. The Bertz CT molecular complexity index is 399. The van der Waals surface area contributed by atoms with E-state index in [1.165, 1.54) is 0 Å². The quantitative estimate of drug-likeness (QED) is 0.828.